The van der Waals surface area contributed by atoms with E-state index in [-0.39, 0.29) is 17.5 Å². The molecule has 1 aromatic rings. The van der Waals surface area contributed by atoms with Gasteiger partial charge in [0.05, 0.1) is 6.61 Å². The second-order valence-electron chi connectivity index (χ2n) is 4.86. The third kappa shape index (κ3) is 4.26. The van der Waals surface area contributed by atoms with Gasteiger partial charge in [-0.2, -0.15) is 0 Å². The van der Waals surface area contributed by atoms with Crippen molar-refractivity contribution in [3.05, 3.63) is 29.6 Å². The lowest BCUT2D eigenvalue weighted by Crippen LogP contribution is -2.31. The highest BCUT2D eigenvalue weighted by Crippen LogP contribution is 2.11. The van der Waals surface area contributed by atoms with Crippen molar-refractivity contribution < 1.29 is 14.3 Å². The standard InChI is InChI=1S/C15H21N3O3/c1-2-21-11-8-16-14(19)12-6-5-7-13(17-12)15(20)18-9-3-4-10-18/h5-7H,2-4,8-11H2,1H3,(H,16,19). The number of amides is 2. The molecule has 114 valence electrons. The molecular formula is C15H21N3O3. The van der Waals surface area contributed by atoms with Crippen molar-refractivity contribution in [2.24, 2.45) is 0 Å². The Balaban J connectivity index is 1.96. The summed E-state index contributed by atoms with van der Waals surface area (Å²) in [5.74, 6) is -0.387. The summed E-state index contributed by atoms with van der Waals surface area (Å²) in [7, 11) is 0. The molecule has 0 unspecified atom stereocenters. The lowest BCUT2D eigenvalue weighted by atomic mass is 10.2. The Hall–Kier alpha value is -1.95. The molecule has 0 aromatic carbocycles. The number of hydrogen-bond donors (Lipinski definition) is 1. The number of carbonyl (C=O) groups excluding carboxylic acids is 2. The van der Waals surface area contributed by atoms with E-state index in [2.05, 4.69) is 10.3 Å². The smallest absolute Gasteiger partial charge is 0.272 e. The van der Waals surface area contributed by atoms with Gasteiger partial charge in [-0.05, 0) is 31.9 Å². The van der Waals surface area contributed by atoms with Crippen LogP contribution in [0.15, 0.2) is 18.2 Å². The van der Waals surface area contributed by atoms with Crippen molar-refractivity contribution in [1.29, 1.82) is 0 Å². The van der Waals surface area contributed by atoms with Crippen LogP contribution in [-0.4, -0.2) is 54.5 Å². The monoisotopic (exact) mass is 291 g/mol. The fourth-order valence-corrected chi connectivity index (χ4v) is 2.23. The molecule has 1 N–H and O–H groups in total. The Morgan fingerprint density at radius 3 is 2.71 bits per heavy atom. The summed E-state index contributed by atoms with van der Waals surface area (Å²) in [6.07, 6.45) is 2.06. The fraction of sp³-hybridized carbons (Fsp3) is 0.533. The number of nitrogens with zero attached hydrogens (tertiary/aromatic N) is 2. The SMILES string of the molecule is CCOCCNC(=O)c1cccc(C(=O)N2CCCC2)n1. The van der Waals surface area contributed by atoms with Gasteiger partial charge < -0.3 is 15.0 Å². The number of hydrogen-bond acceptors (Lipinski definition) is 4. The summed E-state index contributed by atoms with van der Waals surface area (Å²) in [5, 5.41) is 2.72. The Labute approximate surface area is 124 Å². The molecule has 1 aromatic heterocycles. The Kier molecular flexibility index (Phi) is 5.68. The van der Waals surface area contributed by atoms with Crippen LogP contribution >= 0.6 is 0 Å². The van der Waals surface area contributed by atoms with Crippen LogP contribution in [0.1, 0.15) is 40.7 Å². The van der Waals surface area contributed by atoms with Gasteiger partial charge >= 0.3 is 0 Å². The van der Waals surface area contributed by atoms with Crippen LogP contribution in [-0.2, 0) is 4.74 Å². The molecule has 6 heteroatoms. The summed E-state index contributed by atoms with van der Waals surface area (Å²) >= 11 is 0. The third-order valence-corrected chi connectivity index (χ3v) is 3.33. The molecule has 0 aliphatic carbocycles. The third-order valence-electron chi connectivity index (χ3n) is 3.33. The van der Waals surface area contributed by atoms with Gasteiger partial charge in [-0.1, -0.05) is 6.07 Å². The Morgan fingerprint density at radius 1 is 1.29 bits per heavy atom. The zero-order valence-corrected chi connectivity index (χ0v) is 12.3. The molecule has 0 radical (unpaired) electrons. The largest absolute Gasteiger partial charge is 0.380 e. The van der Waals surface area contributed by atoms with E-state index in [1.807, 2.05) is 6.92 Å². The molecule has 2 rings (SSSR count). The molecule has 1 aliphatic rings. The molecule has 1 saturated heterocycles. The van der Waals surface area contributed by atoms with Gasteiger partial charge in [-0.15, -0.1) is 0 Å². The zero-order valence-electron chi connectivity index (χ0n) is 12.3. The number of ether oxygens (including phenoxy) is 1. The number of pyridine rings is 1. The molecule has 2 heterocycles. The zero-order chi connectivity index (χ0) is 15.1. The lowest BCUT2D eigenvalue weighted by Gasteiger charge is -2.14. The van der Waals surface area contributed by atoms with Crippen molar-refractivity contribution in [1.82, 2.24) is 15.2 Å². The predicted octanol–water partition coefficient (Wildman–Crippen LogP) is 1.08. The van der Waals surface area contributed by atoms with Crippen LogP contribution in [0.5, 0.6) is 0 Å². The van der Waals surface area contributed by atoms with E-state index in [0.29, 0.717) is 25.5 Å². The molecular weight excluding hydrogens is 270 g/mol. The first-order valence-electron chi connectivity index (χ1n) is 7.34. The van der Waals surface area contributed by atoms with E-state index in [1.165, 1.54) is 0 Å². The van der Waals surface area contributed by atoms with Gasteiger partial charge in [-0.25, -0.2) is 4.98 Å². The summed E-state index contributed by atoms with van der Waals surface area (Å²) in [6, 6.07) is 4.95. The van der Waals surface area contributed by atoms with E-state index < -0.39 is 0 Å². The molecule has 0 bridgehead atoms. The van der Waals surface area contributed by atoms with Crippen molar-refractivity contribution in [3.63, 3.8) is 0 Å². The van der Waals surface area contributed by atoms with E-state index in [0.717, 1.165) is 25.9 Å². The number of nitrogens with one attached hydrogen (secondary N) is 1. The van der Waals surface area contributed by atoms with Gasteiger partial charge in [0.2, 0.25) is 0 Å². The van der Waals surface area contributed by atoms with E-state index in [9.17, 15) is 9.59 Å². The Morgan fingerprint density at radius 2 is 2.00 bits per heavy atom. The minimum atomic E-state index is -0.286. The molecule has 0 spiro atoms. The highest BCUT2D eigenvalue weighted by Gasteiger charge is 2.21. The predicted molar refractivity (Wildman–Crippen MR) is 78.2 cm³/mol. The summed E-state index contributed by atoms with van der Waals surface area (Å²) < 4.78 is 5.15. The molecule has 1 aliphatic heterocycles. The first-order chi connectivity index (χ1) is 10.2. The van der Waals surface area contributed by atoms with Crippen LogP contribution in [0.3, 0.4) is 0 Å². The second-order valence-corrected chi connectivity index (χ2v) is 4.86. The summed E-state index contributed by atoms with van der Waals surface area (Å²) in [4.78, 5) is 30.1. The molecule has 6 nitrogen and oxygen atoms in total. The van der Waals surface area contributed by atoms with E-state index >= 15 is 0 Å². The van der Waals surface area contributed by atoms with Gasteiger partial charge in [0.1, 0.15) is 11.4 Å². The number of rotatable bonds is 6. The first kappa shape index (κ1) is 15.4. The Bertz CT molecular complexity index is 499. The topological polar surface area (TPSA) is 71.5 Å². The van der Waals surface area contributed by atoms with Crippen LogP contribution < -0.4 is 5.32 Å². The van der Waals surface area contributed by atoms with Gasteiger partial charge in [0, 0.05) is 26.2 Å². The minimum absolute atomic E-state index is 0.100. The number of likely N-dealkylation sites (tertiary alicyclic amines) is 1. The number of carbonyl (C=O) groups is 2. The maximum Gasteiger partial charge on any atom is 0.272 e. The number of aromatic nitrogens is 1. The minimum Gasteiger partial charge on any atom is -0.380 e. The van der Waals surface area contributed by atoms with Crippen LogP contribution in [0.25, 0.3) is 0 Å². The summed E-state index contributed by atoms with van der Waals surface area (Å²) in [6.45, 7) is 4.95. The van der Waals surface area contributed by atoms with Gasteiger partial charge in [-0.3, -0.25) is 9.59 Å². The molecule has 0 atom stereocenters. The quantitative estimate of drug-likeness (QED) is 0.796. The van der Waals surface area contributed by atoms with Crippen LogP contribution in [0, 0.1) is 0 Å². The van der Waals surface area contributed by atoms with Crippen molar-refractivity contribution in [2.75, 3.05) is 32.8 Å². The van der Waals surface area contributed by atoms with Crippen LogP contribution in [0.4, 0.5) is 0 Å². The lowest BCUT2D eigenvalue weighted by molar-refractivity contribution is 0.0786. The van der Waals surface area contributed by atoms with Gasteiger partial charge in [0.25, 0.3) is 11.8 Å². The average Bonchev–Trinajstić information content (AvgIpc) is 3.05. The average molecular weight is 291 g/mol. The highest BCUT2D eigenvalue weighted by molar-refractivity contribution is 5.96. The highest BCUT2D eigenvalue weighted by atomic mass is 16.5. The summed E-state index contributed by atoms with van der Waals surface area (Å²) in [5.41, 5.74) is 0.589. The van der Waals surface area contributed by atoms with E-state index in [4.69, 9.17) is 4.74 Å². The maximum absolute atomic E-state index is 12.2. The van der Waals surface area contributed by atoms with Crippen molar-refractivity contribution >= 4 is 11.8 Å². The normalized spacial score (nSPS) is 14.2. The molecule has 1 fully saturated rings. The van der Waals surface area contributed by atoms with Crippen molar-refractivity contribution in [2.45, 2.75) is 19.8 Å². The molecule has 2 amide bonds. The van der Waals surface area contributed by atoms with Crippen LogP contribution in [0.2, 0.25) is 0 Å². The maximum atomic E-state index is 12.2. The van der Waals surface area contributed by atoms with E-state index in [1.54, 1.807) is 23.1 Å². The van der Waals surface area contributed by atoms with Gasteiger partial charge in [0.15, 0.2) is 0 Å². The molecule has 21 heavy (non-hydrogen) atoms. The second kappa shape index (κ2) is 7.73. The first-order valence-corrected chi connectivity index (χ1v) is 7.34. The van der Waals surface area contributed by atoms with Crippen molar-refractivity contribution in [3.8, 4) is 0 Å². The molecule has 0 saturated carbocycles. The fourth-order valence-electron chi connectivity index (χ4n) is 2.23.